The van der Waals surface area contributed by atoms with Gasteiger partial charge in [0, 0.05) is 23.0 Å². The summed E-state index contributed by atoms with van der Waals surface area (Å²) in [6.45, 7) is 0. The fourth-order valence-electron chi connectivity index (χ4n) is 3.46. The van der Waals surface area contributed by atoms with Crippen molar-refractivity contribution in [3.8, 4) is 0 Å². The van der Waals surface area contributed by atoms with Crippen molar-refractivity contribution in [2.45, 2.75) is 43.0 Å². The van der Waals surface area contributed by atoms with Crippen molar-refractivity contribution >= 4 is 63.3 Å². The van der Waals surface area contributed by atoms with E-state index in [0.29, 0.717) is 10.4 Å². The minimum atomic E-state index is 0.00668. The van der Waals surface area contributed by atoms with Gasteiger partial charge in [-0.1, -0.05) is 66.6 Å². The number of carbonyl (C=O) groups is 1. The van der Waals surface area contributed by atoms with E-state index in [0.717, 1.165) is 33.5 Å². The van der Waals surface area contributed by atoms with Crippen LogP contribution in [0.2, 0.25) is 5.02 Å². The van der Waals surface area contributed by atoms with Crippen molar-refractivity contribution in [3.05, 3.63) is 33.2 Å². The Hall–Kier alpha value is -0.690. The topological polar surface area (TPSA) is 23.6 Å². The highest BCUT2D eigenvalue weighted by Crippen LogP contribution is 2.53. The van der Waals surface area contributed by atoms with Crippen LogP contribution in [0, 0.1) is 0 Å². The van der Waals surface area contributed by atoms with Crippen LogP contribution in [0.4, 0.5) is 5.69 Å². The molecule has 126 valence electrons. The molecule has 1 aromatic rings. The number of anilines is 1. The van der Waals surface area contributed by atoms with Crippen molar-refractivity contribution in [3.63, 3.8) is 0 Å². The Kier molecular flexibility index (Phi) is 4.58. The fraction of sp³-hybridized carbons (Fsp3) is 0.412. The quantitative estimate of drug-likeness (QED) is 0.477. The van der Waals surface area contributed by atoms with Crippen molar-refractivity contribution in [1.82, 2.24) is 4.90 Å². The van der Waals surface area contributed by atoms with E-state index in [4.69, 9.17) is 23.8 Å². The molecule has 0 unspecified atom stereocenters. The molecule has 1 saturated carbocycles. The Balaban J connectivity index is 1.82. The predicted molar refractivity (Wildman–Crippen MR) is 107 cm³/mol. The first-order valence-electron chi connectivity index (χ1n) is 8.07. The molecule has 2 fully saturated rings. The second kappa shape index (κ2) is 6.56. The van der Waals surface area contributed by atoms with Crippen LogP contribution < -0.4 is 4.90 Å². The number of nitrogens with zero attached hydrogens (tertiary/aromatic N) is 2. The molecule has 1 saturated heterocycles. The summed E-state index contributed by atoms with van der Waals surface area (Å²) < 4.78 is 0.626. The van der Waals surface area contributed by atoms with Gasteiger partial charge in [-0.25, -0.2) is 0 Å². The number of fused-ring (bicyclic) bond motifs is 1. The molecular formula is C17H17ClN2OS3. The van der Waals surface area contributed by atoms with Crippen LogP contribution in [0.25, 0.3) is 0 Å². The van der Waals surface area contributed by atoms with E-state index in [-0.39, 0.29) is 5.91 Å². The fourth-order valence-corrected chi connectivity index (χ4v) is 6.14. The number of carbonyl (C=O) groups excluding carboxylic acids is 1. The summed E-state index contributed by atoms with van der Waals surface area (Å²) in [5.41, 5.74) is 1.13. The van der Waals surface area contributed by atoms with Crippen molar-refractivity contribution < 1.29 is 4.79 Å². The van der Waals surface area contributed by atoms with Gasteiger partial charge < -0.3 is 4.90 Å². The van der Waals surface area contributed by atoms with Crippen LogP contribution in [-0.4, -0.2) is 28.2 Å². The predicted octanol–water partition coefficient (Wildman–Crippen LogP) is 5.24. The van der Waals surface area contributed by atoms with Gasteiger partial charge in [0.2, 0.25) is 0 Å². The zero-order valence-electron chi connectivity index (χ0n) is 13.3. The largest absolute Gasteiger partial charge is 0.331 e. The molecule has 1 aliphatic carbocycles. The lowest BCUT2D eigenvalue weighted by Crippen LogP contribution is -2.34. The number of thiocarbonyl (C=S) groups is 1. The van der Waals surface area contributed by atoms with Crippen molar-refractivity contribution in [1.29, 1.82) is 0 Å². The lowest BCUT2D eigenvalue weighted by Gasteiger charge is -2.34. The second-order valence-electron chi connectivity index (χ2n) is 6.24. The van der Waals surface area contributed by atoms with E-state index in [9.17, 15) is 4.79 Å². The van der Waals surface area contributed by atoms with Gasteiger partial charge in [-0.15, -0.1) is 0 Å². The normalized spacial score (nSPS) is 24.9. The maximum absolute atomic E-state index is 12.6. The van der Waals surface area contributed by atoms with Gasteiger partial charge in [-0.05, 0) is 31.0 Å². The van der Waals surface area contributed by atoms with Crippen LogP contribution >= 0.6 is 47.3 Å². The summed E-state index contributed by atoms with van der Waals surface area (Å²) in [5, 5.41) is 1.76. The molecule has 24 heavy (non-hydrogen) atoms. The van der Waals surface area contributed by atoms with Gasteiger partial charge >= 0.3 is 0 Å². The first kappa shape index (κ1) is 16.8. The van der Waals surface area contributed by atoms with E-state index in [2.05, 4.69) is 11.0 Å². The van der Waals surface area contributed by atoms with E-state index < -0.39 is 0 Å². The molecule has 7 heteroatoms. The Morgan fingerprint density at radius 2 is 1.96 bits per heavy atom. The molecule has 0 bridgehead atoms. The third-order valence-electron chi connectivity index (χ3n) is 4.70. The zero-order valence-corrected chi connectivity index (χ0v) is 16.5. The highest BCUT2D eigenvalue weighted by molar-refractivity contribution is 8.27. The van der Waals surface area contributed by atoms with E-state index in [1.165, 1.54) is 35.9 Å². The molecule has 2 aliphatic heterocycles. The minimum Gasteiger partial charge on any atom is -0.331 e. The molecule has 1 aromatic carbocycles. The number of thioether (sulfide) groups is 2. The third kappa shape index (κ3) is 2.77. The van der Waals surface area contributed by atoms with Crippen molar-refractivity contribution in [2.24, 2.45) is 0 Å². The Morgan fingerprint density at radius 1 is 1.21 bits per heavy atom. The number of rotatable bonds is 1. The third-order valence-corrected chi connectivity index (χ3v) is 7.77. The monoisotopic (exact) mass is 396 g/mol. The first-order valence-corrected chi connectivity index (χ1v) is 10.5. The smallest absolute Gasteiger partial charge is 0.268 e. The van der Waals surface area contributed by atoms with E-state index in [1.807, 2.05) is 12.1 Å². The Bertz CT molecular complexity index is 758. The lowest BCUT2D eigenvalue weighted by atomic mass is 9.94. The van der Waals surface area contributed by atoms with Gasteiger partial charge in [-0.3, -0.25) is 9.69 Å². The number of benzene rings is 1. The van der Waals surface area contributed by atoms with Crippen LogP contribution in [0.5, 0.6) is 0 Å². The van der Waals surface area contributed by atoms with Crippen LogP contribution in [0.3, 0.4) is 0 Å². The minimum absolute atomic E-state index is 0.00668. The SMILES string of the molecule is CN1C(=O)/C(=C2/Sc3ccc(Cl)cc3N2C2CCCCC2)SC1=S. The van der Waals surface area contributed by atoms with Crippen LogP contribution in [0.1, 0.15) is 32.1 Å². The first-order chi connectivity index (χ1) is 11.6. The number of likely N-dealkylation sites (N-methyl/N-ethyl adjacent to an activating group) is 1. The molecule has 0 spiro atoms. The summed E-state index contributed by atoms with van der Waals surface area (Å²) in [6, 6.07) is 6.43. The molecule has 0 aromatic heterocycles. The van der Waals surface area contributed by atoms with Crippen LogP contribution in [-0.2, 0) is 4.79 Å². The summed E-state index contributed by atoms with van der Waals surface area (Å²) in [6.07, 6.45) is 6.09. The molecule has 4 rings (SSSR count). The number of hydrogen-bond acceptors (Lipinski definition) is 5. The molecule has 0 N–H and O–H groups in total. The highest BCUT2D eigenvalue weighted by atomic mass is 35.5. The molecule has 0 atom stereocenters. The maximum Gasteiger partial charge on any atom is 0.268 e. The van der Waals surface area contributed by atoms with Gasteiger partial charge in [0.25, 0.3) is 5.91 Å². The van der Waals surface area contributed by atoms with Gasteiger partial charge in [0.1, 0.15) is 14.3 Å². The summed E-state index contributed by atoms with van der Waals surface area (Å²) in [4.78, 5) is 18.5. The average Bonchev–Trinajstić information content (AvgIpc) is 3.08. The molecule has 2 heterocycles. The Morgan fingerprint density at radius 3 is 2.62 bits per heavy atom. The number of hydrogen-bond donors (Lipinski definition) is 0. The lowest BCUT2D eigenvalue weighted by molar-refractivity contribution is -0.121. The van der Waals surface area contributed by atoms with Gasteiger partial charge in [0.05, 0.1) is 5.69 Å². The Labute approximate surface area is 160 Å². The molecule has 3 aliphatic rings. The summed E-state index contributed by atoms with van der Waals surface area (Å²) in [5.74, 6) is 0.00668. The molecule has 0 radical (unpaired) electrons. The molecule has 1 amide bonds. The van der Waals surface area contributed by atoms with Gasteiger partial charge in [0.15, 0.2) is 0 Å². The average molecular weight is 397 g/mol. The van der Waals surface area contributed by atoms with Crippen molar-refractivity contribution in [2.75, 3.05) is 11.9 Å². The van der Waals surface area contributed by atoms with E-state index in [1.54, 1.807) is 23.7 Å². The number of amides is 1. The highest BCUT2D eigenvalue weighted by Gasteiger charge is 2.40. The number of halogens is 1. The van der Waals surface area contributed by atoms with E-state index >= 15 is 0 Å². The summed E-state index contributed by atoms with van der Waals surface area (Å²) >= 11 is 14.7. The summed E-state index contributed by atoms with van der Waals surface area (Å²) in [7, 11) is 1.75. The van der Waals surface area contributed by atoms with Gasteiger partial charge in [-0.2, -0.15) is 0 Å². The molecular weight excluding hydrogens is 380 g/mol. The standard InChI is InChI=1S/C17H17ClN2OS3/c1-19-15(21)14(24-17(19)22)16-20(11-5-3-2-4-6-11)12-9-10(18)7-8-13(12)23-16/h7-9,11H,2-6H2,1H3/b16-14-. The van der Waals surface area contributed by atoms with Crippen LogP contribution in [0.15, 0.2) is 33.0 Å². The maximum atomic E-state index is 12.6. The molecule has 3 nitrogen and oxygen atoms in total. The zero-order chi connectivity index (χ0) is 16.8. The second-order valence-corrected chi connectivity index (χ2v) is 9.35.